The van der Waals surface area contributed by atoms with Gasteiger partial charge in [0.05, 0.1) is 30.9 Å². The van der Waals surface area contributed by atoms with Gasteiger partial charge in [0.1, 0.15) is 22.9 Å². The van der Waals surface area contributed by atoms with E-state index in [1.54, 1.807) is 17.5 Å². The predicted octanol–water partition coefficient (Wildman–Crippen LogP) is 4.46. The van der Waals surface area contributed by atoms with Gasteiger partial charge in [-0.1, -0.05) is 0 Å². The first-order valence-electron chi connectivity index (χ1n) is 12.2. The van der Waals surface area contributed by atoms with E-state index < -0.39 is 6.10 Å². The number of oxazole rings is 1. The molecule has 0 bridgehead atoms. The lowest BCUT2D eigenvalue weighted by Crippen LogP contribution is -2.46. The number of thiophene rings is 1. The zero-order valence-electron chi connectivity index (χ0n) is 18.8. The first kappa shape index (κ1) is 21.5. The maximum Gasteiger partial charge on any atom is 0.222 e. The SMILES string of the molecule is O[C@@H](C[C@H]1CCc2sc3nccc(OC4CCC(N5CCOCC5)CC4)c3c21)c1ncco1. The Hall–Kier alpha value is -2.00. The van der Waals surface area contributed by atoms with Crippen molar-refractivity contribution in [3.63, 3.8) is 0 Å². The number of aliphatic hydroxyl groups is 1. The minimum atomic E-state index is -0.692. The molecule has 3 aliphatic rings. The van der Waals surface area contributed by atoms with Crippen LogP contribution in [0.25, 0.3) is 10.2 Å². The Bertz CT molecular complexity index is 1070. The van der Waals surface area contributed by atoms with E-state index in [1.807, 2.05) is 12.3 Å². The number of pyridine rings is 1. The smallest absolute Gasteiger partial charge is 0.222 e. The quantitative estimate of drug-likeness (QED) is 0.571. The molecular formula is C25H31N3O4S. The number of morpholine rings is 1. The first-order chi connectivity index (χ1) is 16.3. The molecule has 8 heteroatoms. The van der Waals surface area contributed by atoms with Gasteiger partial charge < -0.3 is 19.0 Å². The Morgan fingerprint density at radius 2 is 1.97 bits per heavy atom. The van der Waals surface area contributed by atoms with Gasteiger partial charge in [-0.3, -0.25) is 4.90 Å². The van der Waals surface area contributed by atoms with Crippen molar-refractivity contribution in [2.24, 2.45) is 0 Å². The van der Waals surface area contributed by atoms with E-state index in [4.69, 9.17) is 13.9 Å². The molecule has 7 nitrogen and oxygen atoms in total. The molecule has 2 atom stereocenters. The summed E-state index contributed by atoms with van der Waals surface area (Å²) in [6.07, 6.45) is 11.8. The van der Waals surface area contributed by atoms with Gasteiger partial charge in [-0.25, -0.2) is 9.97 Å². The van der Waals surface area contributed by atoms with Crippen LogP contribution >= 0.6 is 11.3 Å². The van der Waals surface area contributed by atoms with E-state index in [0.717, 1.165) is 68.0 Å². The van der Waals surface area contributed by atoms with Crippen molar-refractivity contribution < 1.29 is 19.0 Å². The van der Waals surface area contributed by atoms with Crippen molar-refractivity contribution in [2.75, 3.05) is 26.3 Å². The summed E-state index contributed by atoms with van der Waals surface area (Å²) < 4.78 is 17.5. The molecule has 1 N–H and O–H groups in total. The fourth-order valence-electron chi connectivity index (χ4n) is 5.88. The molecule has 4 heterocycles. The molecule has 2 fully saturated rings. The van der Waals surface area contributed by atoms with Crippen LogP contribution in [0.1, 0.15) is 66.9 Å². The van der Waals surface area contributed by atoms with Crippen molar-refractivity contribution >= 4 is 21.6 Å². The average molecular weight is 470 g/mol. The molecule has 1 saturated heterocycles. The fraction of sp³-hybridized carbons (Fsp3) is 0.600. The molecule has 0 amide bonds. The first-order valence-corrected chi connectivity index (χ1v) is 13.0. The zero-order valence-corrected chi connectivity index (χ0v) is 19.6. The lowest BCUT2D eigenvalue weighted by molar-refractivity contribution is -0.000920. The van der Waals surface area contributed by atoms with E-state index in [0.29, 0.717) is 18.4 Å². The molecule has 33 heavy (non-hydrogen) atoms. The van der Waals surface area contributed by atoms with Crippen LogP contribution in [-0.2, 0) is 11.2 Å². The average Bonchev–Trinajstić information content (AvgIpc) is 3.59. The maximum absolute atomic E-state index is 10.7. The molecule has 2 aliphatic carbocycles. The van der Waals surface area contributed by atoms with E-state index >= 15 is 0 Å². The van der Waals surface area contributed by atoms with E-state index in [2.05, 4.69) is 14.9 Å². The minimum Gasteiger partial charge on any atom is -0.490 e. The number of rotatable bonds is 6. The summed E-state index contributed by atoms with van der Waals surface area (Å²) in [5, 5.41) is 11.8. The molecule has 3 aromatic rings. The standard InChI is InChI=1S/C25H31N3O4S/c29-19(24-26-9-12-31-24)15-16-1-6-21-22(16)23-20(7-8-27-25(23)33-21)32-18-4-2-17(3-5-18)28-10-13-30-14-11-28/h7-9,12,16-19,29H,1-6,10-11,13-15H2/t16-,17?,18?,19+/m1/s1. The third-order valence-corrected chi connectivity index (χ3v) is 8.71. The van der Waals surface area contributed by atoms with Crippen LogP contribution < -0.4 is 4.74 Å². The second-order valence-electron chi connectivity index (χ2n) is 9.48. The van der Waals surface area contributed by atoms with Gasteiger partial charge in [0, 0.05) is 30.2 Å². The van der Waals surface area contributed by atoms with E-state index in [-0.39, 0.29) is 12.0 Å². The number of aliphatic hydroxyl groups excluding tert-OH is 1. The Balaban J connectivity index is 1.18. The second kappa shape index (κ2) is 9.33. The molecule has 1 saturated carbocycles. The number of aryl methyl sites for hydroxylation is 1. The van der Waals surface area contributed by atoms with Gasteiger partial charge in [-0.2, -0.15) is 0 Å². The minimum absolute atomic E-state index is 0.251. The van der Waals surface area contributed by atoms with Gasteiger partial charge in [0.2, 0.25) is 5.89 Å². The van der Waals surface area contributed by atoms with Crippen molar-refractivity contribution in [2.45, 2.75) is 69.1 Å². The van der Waals surface area contributed by atoms with Crippen LogP contribution in [0, 0.1) is 0 Å². The molecule has 0 radical (unpaired) electrons. The predicted molar refractivity (Wildman–Crippen MR) is 126 cm³/mol. The van der Waals surface area contributed by atoms with Crippen molar-refractivity contribution in [3.8, 4) is 5.75 Å². The summed E-state index contributed by atoms with van der Waals surface area (Å²) in [5.41, 5.74) is 1.32. The fourth-order valence-corrected chi connectivity index (χ4v) is 7.14. The lowest BCUT2D eigenvalue weighted by atomic mass is 9.91. The second-order valence-corrected chi connectivity index (χ2v) is 10.6. The lowest BCUT2D eigenvalue weighted by Gasteiger charge is -2.38. The van der Waals surface area contributed by atoms with Gasteiger partial charge >= 0.3 is 0 Å². The van der Waals surface area contributed by atoms with Crippen molar-refractivity contribution in [1.29, 1.82) is 0 Å². The monoisotopic (exact) mass is 469 g/mol. The summed E-state index contributed by atoms with van der Waals surface area (Å²) in [6.45, 7) is 3.84. The van der Waals surface area contributed by atoms with Gasteiger partial charge in [0.25, 0.3) is 0 Å². The van der Waals surface area contributed by atoms with Crippen LogP contribution in [-0.4, -0.2) is 58.4 Å². The van der Waals surface area contributed by atoms with Gasteiger partial charge in [-0.15, -0.1) is 11.3 Å². The molecule has 0 spiro atoms. The molecule has 0 aromatic carbocycles. The number of nitrogens with zero attached hydrogens (tertiary/aromatic N) is 3. The summed E-state index contributed by atoms with van der Waals surface area (Å²) in [4.78, 5) is 13.8. The zero-order chi connectivity index (χ0) is 22.2. The molecule has 1 aliphatic heterocycles. The van der Waals surface area contributed by atoms with Crippen molar-refractivity contribution in [3.05, 3.63) is 41.1 Å². The van der Waals surface area contributed by atoms with Gasteiger partial charge in [-0.05, 0) is 62.5 Å². The number of hydrogen-bond acceptors (Lipinski definition) is 8. The third-order valence-electron chi connectivity index (χ3n) is 7.54. The topological polar surface area (TPSA) is 80.9 Å². The van der Waals surface area contributed by atoms with E-state index in [9.17, 15) is 5.11 Å². The summed E-state index contributed by atoms with van der Waals surface area (Å²) in [5.74, 6) is 1.62. The number of hydrogen-bond donors (Lipinski definition) is 1. The number of ether oxygens (including phenoxy) is 2. The third kappa shape index (κ3) is 4.30. The van der Waals surface area contributed by atoms with Crippen LogP contribution in [0.15, 0.2) is 29.1 Å². The maximum atomic E-state index is 10.7. The summed E-state index contributed by atoms with van der Waals surface area (Å²) in [6, 6.07) is 2.70. The van der Waals surface area contributed by atoms with Crippen LogP contribution in [0.4, 0.5) is 0 Å². The Kier molecular flexibility index (Phi) is 6.09. The molecule has 6 rings (SSSR count). The summed E-state index contributed by atoms with van der Waals surface area (Å²) in [7, 11) is 0. The Morgan fingerprint density at radius 1 is 1.12 bits per heavy atom. The Morgan fingerprint density at radius 3 is 2.76 bits per heavy atom. The molecule has 3 aromatic heterocycles. The summed E-state index contributed by atoms with van der Waals surface area (Å²) >= 11 is 1.78. The number of aromatic nitrogens is 2. The normalized spacial score (nSPS) is 27.0. The highest BCUT2D eigenvalue weighted by molar-refractivity contribution is 7.19. The Labute approximate surface area is 197 Å². The van der Waals surface area contributed by atoms with Crippen LogP contribution in [0.2, 0.25) is 0 Å². The van der Waals surface area contributed by atoms with Crippen LogP contribution in [0.5, 0.6) is 5.75 Å². The van der Waals surface area contributed by atoms with Crippen LogP contribution in [0.3, 0.4) is 0 Å². The van der Waals surface area contributed by atoms with Gasteiger partial charge in [0.15, 0.2) is 0 Å². The highest BCUT2D eigenvalue weighted by Gasteiger charge is 2.33. The largest absolute Gasteiger partial charge is 0.490 e. The molecular weight excluding hydrogens is 438 g/mol. The highest BCUT2D eigenvalue weighted by atomic mass is 32.1. The highest BCUT2D eigenvalue weighted by Crippen LogP contribution is 2.49. The van der Waals surface area contributed by atoms with Crippen molar-refractivity contribution in [1.82, 2.24) is 14.9 Å². The van der Waals surface area contributed by atoms with E-state index in [1.165, 1.54) is 29.5 Å². The molecule has 0 unspecified atom stereocenters. The number of fused-ring (bicyclic) bond motifs is 3. The molecule has 176 valence electrons.